The monoisotopic (exact) mass is 180 g/mol. The van der Waals surface area contributed by atoms with E-state index in [2.05, 4.69) is 17.8 Å². The molecule has 0 aliphatic carbocycles. The maximum atomic E-state index is 12.7. The zero-order valence-electron chi connectivity index (χ0n) is 7.60. The Morgan fingerprint density at radius 2 is 1.69 bits per heavy atom. The lowest BCUT2D eigenvalue weighted by molar-refractivity contribution is 0.550. The van der Waals surface area contributed by atoms with Gasteiger partial charge < -0.3 is 0 Å². The molecule has 70 valence electrons. The standard InChI is InChI=1S/C10H13FN2/c1-10(6-12-13-7-10)8-2-4-9(11)5-3-8/h2-5,12-13H,6-7H2,1H3. The van der Waals surface area contributed by atoms with E-state index in [1.807, 2.05) is 12.1 Å². The molecule has 0 radical (unpaired) electrons. The van der Waals surface area contributed by atoms with Gasteiger partial charge in [0.15, 0.2) is 0 Å². The number of halogens is 1. The maximum absolute atomic E-state index is 12.7. The van der Waals surface area contributed by atoms with Crippen LogP contribution in [0.4, 0.5) is 4.39 Å². The molecule has 0 bridgehead atoms. The van der Waals surface area contributed by atoms with Gasteiger partial charge >= 0.3 is 0 Å². The summed E-state index contributed by atoms with van der Waals surface area (Å²) in [5, 5.41) is 0. The van der Waals surface area contributed by atoms with Gasteiger partial charge in [-0.3, -0.25) is 10.9 Å². The molecular weight excluding hydrogens is 167 g/mol. The van der Waals surface area contributed by atoms with E-state index in [9.17, 15) is 4.39 Å². The van der Waals surface area contributed by atoms with E-state index in [1.54, 1.807) is 0 Å². The smallest absolute Gasteiger partial charge is 0.123 e. The molecule has 0 saturated carbocycles. The van der Waals surface area contributed by atoms with Crippen molar-refractivity contribution < 1.29 is 4.39 Å². The van der Waals surface area contributed by atoms with Gasteiger partial charge in [0.1, 0.15) is 5.82 Å². The fourth-order valence-corrected chi connectivity index (χ4v) is 1.63. The summed E-state index contributed by atoms with van der Waals surface area (Å²) in [7, 11) is 0. The summed E-state index contributed by atoms with van der Waals surface area (Å²) in [6, 6.07) is 6.73. The minimum absolute atomic E-state index is 0.0910. The second-order valence-electron chi connectivity index (χ2n) is 3.77. The summed E-state index contributed by atoms with van der Waals surface area (Å²) in [5.41, 5.74) is 7.43. The number of benzene rings is 1. The molecule has 1 aromatic carbocycles. The number of rotatable bonds is 1. The largest absolute Gasteiger partial charge is 0.257 e. The van der Waals surface area contributed by atoms with Gasteiger partial charge in [0.05, 0.1) is 0 Å². The van der Waals surface area contributed by atoms with Crippen LogP contribution >= 0.6 is 0 Å². The zero-order chi connectivity index (χ0) is 9.31. The van der Waals surface area contributed by atoms with Crippen LogP contribution in [-0.2, 0) is 5.41 Å². The fourth-order valence-electron chi connectivity index (χ4n) is 1.63. The fraction of sp³-hybridized carbons (Fsp3) is 0.400. The molecule has 0 amide bonds. The molecule has 1 aliphatic heterocycles. The third-order valence-electron chi connectivity index (χ3n) is 2.62. The van der Waals surface area contributed by atoms with Gasteiger partial charge in [-0.05, 0) is 17.7 Å². The van der Waals surface area contributed by atoms with Crippen LogP contribution in [-0.4, -0.2) is 13.1 Å². The average molecular weight is 180 g/mol. The summed E-state index contributed by atoms with van der Waals surface area (Å²) in [4.78, 5) is 0. The maximum Gasteiger partial charge on any atom is 0.123 e. The summed E-state index contributed by atoms with van der Waals surface area (Å²) < 4.78 is 12.7. The minimum Gasteiger partial charge on any atom is -0.257 e. The van der Waals surface area contributed by atoms with E-state index in [1.165, 1.54) is 17.7 Å². The van der Waals surface area contributed by atoms with Gasteiger partial charge in [-0.2, -0.15) is 0 Å². The van der Waals surface area contributed by atoms with Crippen molar-refractivity contribution in [1.29, 1.82) is 0 Å². The zero-order valence-corrected chi connectivity index (χ0v) is 7.60. The van der Waals surface area contributed by atoms with E-state index in [0.717, 1.165) is 13.1 Å². The van der Waals surface area contributed by atoms with Crippen molar-refractivity contribution in [2.75, 3.05) is 13.1 Å². The molecule has 1 saturated heterocycles. The second-order valence-corrected chi connectivity index (χ2v) is 3.77. The lowest BCUT2D eigenvalue weighted by Crippen LogP contribution is -2.27. The Bertz CT molecular complexity index is 288. The van der Waals surface area contributed by atoms with Gasteiger partial charge in [0.2, 0.25) is 0 Å². The number of nitrogens with one attached hydrogen (secondary N) is 2. The van der Waals surface area contributed by atoms with Gasteiger partial charge in [-0.25, -0.2) is 4.39 Å². The normalized spacial score (nSPS) is 20.5. The number of hydrogen-bond acceptors (Lipinski definition) is 2. The Labute approximate surface area is 77.1 Å². The number of hydrogen-bond donors (Lipinski definition) is 2. The molecular formula is C10H13FN2. The first-order valence-electron chi connectivity index (χ1n) is 4.42. The minimum atomic E-state index is -0.175. The van der Waals surface area contributed by atoms with Crippen LogP contribution in [0.5, 0.6) is 0 Å². The topological polar surface area (TPSA) is 24.1 Å². The molecule has 2 nitrogen and oxygen atoms in total. The molecule has 1 aromatic rings. The Hall–Kier alpha value is -0.930. The third kappa shape index (κ3) is 1.57. The highest BCUT2D eigenvalue weighted by Crippen LogP contribution is 2.24. The first kappa shape index (κ1) is 8.66. The van der Waals surface area contributed by atoms with Crippen molar-refractivity contribution in [3.63, 3.8) is 0 Å². The van der Waals surface area contributed by atoms with E-state index in [4.69, 9.17) is 0 Å². The highest BCUT2D eigenvalue weighted by molar-refractivity contribution is 5.27. The van der Waals surface area contributed by atoms with Crippen LogP contribution in [0, 0.1) is 5.82 Å². The average Bonchev–Trinajstić information content (AvgIpc) is 2.54. The van der Waals surface area contributed by atoms with Crippen LogP contribution in [0.25, 0.3) is 0 Å². The van der Waals surface area contributed by atoms with Gasteiger partial charge in [-0.1, -0.05) is 19.1 Å². The molecule has 2 rings (SSSR count). The molecule has 3 heteroatoms. The summed E-state index contributed by atoms with van der Waals surface area (Å²) in [6.07, 6.45) is 0. The number of hydrazine groups is 1. The predicted octanol–water partition coefficient (Wildman–Crippen LogP) is 1.19. The van der Waals surface area contributed by atoms with Crippen LogP contribution in [0.15, 0.2) is 24.3 Å². The first-order chi connectivity index (χ1) is 6.21. The quantitative estimate of drug-likeness (QED) is 0.678. The summed E-state index contributed by atoms with van der Waals surface area (Å²) >= 11 is 0. The molecule has 0 unspecified atom stereocenters. The van der Waals surface area contributed by atoms with E-state index >= 15 is 0 Å². The first-order valence-corrected chi connectivity index (χ1v) is 4.42. The second kappa shape index (κ2) is 3.09. The molecule has 1 aliphatic rings. The Morgan fingerprint density at radius 1 is 1.15 bits per heavy atom. The van der Waals surface area contributed by atoms with Crippen molar-refractivity contribution >= 4 is 0 Å². The van der Waals surface area contributed by atoms with E-state index in [0.29, 0.717) is 0 Å². The van der Waals surface area contributed by atoms with Gasteiger partial charge in [-0.15, -0.1) is 0 Å². The molecule has 0 aromatic heterocycles. The Kier molecular flexibility index (Phi) is 2.06. The highest BCUT2D eigenvalue weighted by atomic mass is 19.1. The molecule has 0 atom stereocenters. The molecule has 0 spiro atoms. The lowest BCUT2D eigenvalue weighted by atomic mass is 9.84. The van der Waals surface area contributed by atoms with Crippen molar-refractivity contribution in [3.8, 4) is 0 Å². The van der Waals surface area contributed by atoms with Crippen molar-refractivity contribution in [1.82, 2.24) is 10.9 Å². The summed E-state index contributed by atoms with van der Waals surface area (Å²) in [6.45, 7) is 3.94. The molecule has 13 heavy (non-hydrogen) atoms. The Balaban J connectivity index is 2.29. The van der Waals surface area contributed by atoms with Gasteiger partial charge in [0.25, 0.3) is 0 Å². The lowest BCUT2D eigenvalue weighted by Gasteiger charge is -2.21. The molecule has 2 N–H and O–H groups in total. The van der Waals surface area contributed by atoms with Crippen LogP contribution < -0.4 is 10.9 Å². The van der Waals surface area contributed by atoms with Crippen LogP contribution in [0.1, 0.15) is 12.5 Å². The Morgan fingerprint density at radius 3 is 2.23 bits per heavy atom. The van der Waals surface area contributed by atoms with Crippen LogP contribution in [0.3, 0.4) is 0 Å². The SMILES string of the molecule is CC1(c2ccc(F)cc2)CNNC1. The van der Waals surface area contributed by atoms with E-state index in [-0.39, 0.29) is 11.2 Å². The van der Waals surface area contributed by atoms with Gasteiger partial charge in [0, 0.05) is 18.5 Å². The molecule has 1 fully saturated rings. The summed E-state index contributed by atoms with van der Waals surface area (Å²) in [5.74, 6) is -0.175. The van der Waals surface area contributed by atoms with Crippen molar-refractivity contribution in [2.45, 2.75) is 12.3 Å². The molecule has 1 heterocycles. The van der Waals surface area contributed by atoms with Crippen molar-refractivity contribution in [2.24, 2.45) is 0 Å². The van der Waals surface area contributed by atoms with Crippen LogP contribution in [0.2, 0.25) is 0 Å². The third-order valence-corrected chi connectivity index (χ3v) is 2.62. The van der Waals surface area contributed by atoms with Crippen molar-refractivity contribution in [3.05, 3.63) is 35.6 Å². The highest BCUT2D eigenvalue weighted by Gasteiger charge is 2.30. The van der Waals surface area contributed by atoms with E-state index < -0.39 is 0 Å². The predicted molar refractivity (Wildman–Crippen MR) is 49.8 cm³/mol.